The van der Waals surface area contributed by atoms with Crippen molar-refractivity contribution in [1.29, 1.82) is 0 Å². The van der Waals surface area contributed by atoms with Crippen molar-refractivity contribution >= 4 is 5.97 Å². The van der Waals surface area contributed by atoms with Gasteiger partial charge >= 0.3 is 12.1 Å². The predicted molar refractivity (Wildman–Crippen MR) is 61.1 cm³/mol. The molecule has 0 bridgehead atoms. The first-order valence-electron chi connectivity index (χ1n) is 5.75. The molecule has 0 aliphatic rings. The van der Waals surface area contributed by atoms with E-state index in [1.165, 1.54) is 0 Å². The summed E-state index contributed by atoms with van der Waals surface area (Å²) in [6.07, 6.45) is -4.14. The lowest BCUT2D eigenvalue weighted by Gasteiger charge is -2.10. The van der Waals surface area contributed by atoms with Crippen LogP contribution in [0.4, 0.5) is 17.6 Å². The number of alkyl halides is 3. The van der Waals surface area contributed by atoms with Gasteiger partial charge in [0.15, 0.2) is 0 Å². The molecular formula is C13H14F4O2. The highest BCUT2D eigenvalue weighted by atomic mass is 19.4. The summed E-state index contributed by atoms with van der Waals surface area (Å²) in [5, 5.41) is 0. The van der Waals surface area contributed by atoms with Crippen molar-refractivity contribution in [2.24, 2.45) is 5.92 Å². The van der Waals surface area contributed by atoms with E-state index < -0.39 is 23.5 Å². The Morgan fingerprint density at radius 1 is 1.32 bits per heavy atom. The Balaban J connectivity index is 2.75. The summed E-state index contributed by atoms with van der Waals surface area (Å²) >= 11 is 0. The van der Waals surface area contributed by atoms with Crippen LogP contribution in [-0.4, -0.2) is 12.6 Å². The number of rotatable bonds is 4. The van der Waals surface area contributed by atoms with E-state index in [1.54, 1.807) is 0 Å². The van der Waals surface area contributed by atoms with E-state index in [2.05, 4.69) is 0 Å². The molecule has 0 aliphatic carbocycles. The maximum absolute atomic E-state index is 13.2. The van der Waals surface area contributed by atoms with E-state index >= 15 is 0 Å². The normalized spacial score (nSPS) is 11.7. The minimum atomic E-state index is -4.77. The zero-order valence-corrected chi connectivity index (χ0v) is 10.6. The zero-order valence-electron chi connectivity index (χ0n) is 10.6. The number of esters is 1. The van der Waals surface area contributed by atoms with Crippen LogP contribution in [-0.2, 0) is 10.9 Å². The third-order valence-corrected chi connectivity index (χ3v) is 2.44. The van der Waals surface area contributed by atoms with E-state index in [-0.39, 0.29) is 12.2 Å². The Labute approximate surface area is 108 Å². The Kier molecular flexibility index (Phi) is 4.91. The maximum atomic E-state index is 13.2. The van der Waals surface area contributed by atoms with Gasteiger partial charge in [0.05, 0.1) is 17.7 Å². The van der Waals surface area contributed by atoms with Gasteiger partial charge in [-0.25, -0.2) is 9.18 Å². The minimum absolute atomic E-state index is 0.152. The first-order chi connectivity index (χ1) is 8.71. The molecular weight excluding hydrogens is 264 g/mol. The molecule has 0 aromatic heterocycles. The highest BCUT2D eigenvalue weighted by Crippen LogP contribution is 2.31. The topological polar surface area (TPSA) is 26.3 Å². The van der Waals surface area contributed by atoms with E-state index in [9.17, 15) is 22.4 Å². The lowest BCUT2D eigenvalue weighted by atomic mass is 10.1. The second-order valence-corrected chi connectivity index (χ2v) is 4.51. The van der Waals surface area contributed by atoms with Crippen LogP contribution in [0, 0.1) is 11.7 Å². The number of hydrogen-bond acceptors (Lipinski definition) is 2. The lowest BCUT2D eigenvalue weighted by Crippen LogP contribution is -2.12. The second kappa shape index (κ2) is 6.04. The van der Waals surface area contributed by atoms with Crippen molar-refractivity contribution in [3.05, 3.63) is 35.1 Å². The Bertz CT molecular complexity index is 452. The van der Waals surface area contributed by atoms with Crippen molar-refractivity contribution in [1.82, 2.24) is 0 Å². The third kappa shape index (κ3) is 4.54. The quantitative estimate of drug-likeness (QED) is 0.613. The molecule has 1 aromatic rings. The number of carbonyl (C=O) groups is 1. The summed E-state index contributed by atoms with van der Waals surface area (Å²) in [5.74, 6) is -1.98. The van der Waals surface area contributed by atoms with Crippen molar-refractivity contribution in [3.8, 4) is 0 Å². The van der Waals surface area contributed by atoms with Gasteiger partial charge < -0.3 is 4.74 Å². The van der Waals surface area contributed by atoms with Crippen LogP contribution in [0.5, 0.6) is 0 Å². The molecule has 0 saturated carbocycles. The largest absolute Gasteiger partial charge is 0.462 e. The first-order valence-corrected chi connectivity index (χ1v) is 5.75. The minimum Gasteiger partial charge on any atom is -0.462 e. The van der Waals surface area contributed by atoms with Gasteiger partial charge in [-0.3, -0.25) is 0 Å². The molecule has 1 rings (SSSR count). The van der Waals surface area contributed by atoms with Crippen molar-refractivity contribution in [3.63, 3.8) is 0 Å². The summed E-state index contributed by atoms with van der Waals surface area (Å²) in [6, 6.07) is 1.98. The van der Waals surface area contributed by atoms with Gasteiger partial charge in [0.2, 0.25) is 0 Å². The van der Waals surface area contributed by atoms with Crippen LogP contribution in [0.1, 0.15) is 36.2 Å². The van der Waals surface area contributed by atoms with Crippen LogP contribution in [0.25, 0.3) is 0 Å². The molecule has 106 valence electrons. The van der Waals surface area contributed by atoms with Crippen LogP contribution in [0.2, 0.25) is 0 Å². The van der Waals surface area contributed by atoms with E-state index in [1.807, 2.05) is 13.8 Å². The number of ether oxygens (including phenoxy) is 1. The van der Waals surface area contributed by atoms with Crippen molar-refractivity contribution in [2.75, 3.05) is 6.61 Å². The molecule has 2 nitrogen and oxygen atoms in total. The number of carbonyl (C=O) groups excluding carboxylic acids is 1. The fraction of sp³-hybridized carbons (Fsp3) is 0.462. The molecule has 0 unspecified atom stereocenters. The molecule has 0 spiro atoms. The van der Waals surface area contributed by atoms with Crippen LogP contribution >= 0.6 is 0 Å². The molecule has 0 atom stereocenters. The Morgan fingerprint density at radius 2 is 1.95 bits per heavy atom. The van der Waals surface area contributed by atoms with Gasteiger partial charge in [-0.15, -0.1) is 0 Å². The number of hydrogen-bond donors (Lipinski definition) is 0. The van der Waals surface area contributed by atoms with Crippen molar-refractivity contribution in [2.45, 2.75) is 26.4 Å². The van der Waals surface area contributed by atoms with Crippen LogP contribution in [0.15, 0.2) is 18.2 Å². The van der Waals surface area contributed by atoms with Gasteiger partial charge in [-0.1, -0.05) is 13.8 Å². The monoisotopic (exact) mass is 278 g/mol. The predicted octanol–water partition coefficient (Wildman–Crippen LogP) is 4.05. The smallest absolute Gasteiger partial charge is 0.419 e. The Morgan fingerprint density at radius 3 is 2.42 bits per heavy atom. The maximum Gasteiger partial charge on any atom is 0.419 e. The van der Waals surface area contributed by atoms with Gasteiger partial charge in [0, 0.05) is 0 Å². The molecule has 0 saturated heterocycles. The molecule has 0 heterocycles. The molecule has 0 fully saturated rings. The second-order valence-electron chi connectivity index (χ2n) is 4.51. The molecule has 0 N–H and O–H groups in total. The highest BCUT2D eigenvalue weighted by Gasteiger charge is 2.34. The van der Waals surface area contributed by atoms with E-state index in [0.29, 0.717) is 24.5 Å². The average Bonchev–Trinajstić information content (AvgIpc) is 2.26. The fourth-order valence-corrected chi connectivity index (χ4v) is 1.34. The first kappa shape index (κ1) is 15.5. The highest BCUT2D eigenvalue weighted by molar-refractivity contribution is 5.89. The number of halogens is 4. The summed E-state index contributed by atoms with van der Waals surface area (Å²) < 4.78 is 55.0. The van der Waals surface area contributed by atoms with Gasteiger partial charge in [-0.2, -0.15) is 13.2 Å². The van der Waals surface area contributed by atoms with Gasteiger partial charge in [0.25, 0.3) is 0 Å². The number of benzene rings is 1. The van der Waals surface area contributed by atoms with E-state index in [4.69, 9.17) is 4.74 Å². The molecule has 0 amide bonds. The summed E-state index contributed by atoms with van der Waals surface area (Å²) in [4.78, 5) is 11.5. The summed E-state index contributed by atoms with van der Waals surface area (Å²) in [5.41, 5.74) is -1.62. The van der Waals surface area contributed by atoms with E-state index in [0.717, 1.165) is 6.07 Å². The molecule has 6 heteroatoms. The summed E-state index contributed by atoms with van der Waals surface area (Å²) in [7, 11) is 0. The van der Waals surface area contributed by atoms with Crippen LogP contribution in [0.3, 0.4) is 0 Å². The molecule has 1 aromatic carbocycles. The molecule has 0 aliphatic heterocycles. The summed E-state index contributed by atoms with van der Waals surface area (Å²) in [6.45, 7) is 4.02. The fourth-order valence-electron chi connectivity index (χ4n) is 1.34. The zero-order chi connectivity index (χ0) is 14.6. The third-order valence-electron chi connectivity index (χ3n) is 2.44. The van der Waals surface area contributed by atoms with Crippen LogP contribution < -0.4 is 0 Å². The van der Waals surface area contributed by atoms with Crippen molar-refractivity contribution < 1.29 is 27.1 Å². The van der Waals surface area contributed by atoms with Gasteiger partial charge in [0.1, 0.15) is 5.82 Å². The molecule has 0 radical (unpaired) electrons. The van der Waals surface area contributed by atoms with Gasteiger partial charge in [-0.05, 0) is 30.5 Å². The SMILES string of the molecule is CC(C)CCOC(=O)c1ccc(C(F)(F)F)c(F)c1. The molecule has 19 heavy (non-hydrogen) atoms. The average molecular weight is 278 g/mol. The Hall–Kier alpha value is -1.59. The standard InChI is InChI=1S/C13H14F4O2/c1-8(2)5-6-19-12(18)9-3-4-10(11(14)7-9)13(15,16)17/h3-4,7-8H,5-6H2,1-2H3. The lowest BCUT2D eigenvalue weighted by molar-refractivity contribution is -0.140.